The Labute approximate surface area is 427 Å². The number of carbonyl (C=O) groups is 3. The summed E-state index contributed by atoms with van der Waals surface area (Å²) in [4.78, 5) is 48.4. The molecule has 404 valence electrons. The fraction of sp³-hybridized carbons (Fsp3) is 0.741. The first kappa shape index (κ1) is 66.9. The molecule has 0 bridgehead atoms. The molecule has 0 aromatic carbocycles. The molecule has 0 amide bonds. The van der Waals surface area contributed by atoms with Gasteiger partial charge in [-0.25, -0.2) is 4.57 Å². The summed E-state index contributed by atoms with van der Waals surface area (Å²) in [6.07, 6.45) is 57.2. The van der Waals surface area contributed by atoms with E-state index in [0.29, 0.717) is 19.3 Å². The molecule has 0 radical (unpaired) electrons. The van der Waals surface area contributed by atoms with E-state index in [1.165, 1.54) is 64.2 Å². The zero-order chi connectivity index (χ0) is 51.3. The van der Waals surface area contributed by atoms with E-state index in [2.05, 4.69) is 93.7 Å². The maximum Gasteiger partial charge on any atom is 0.472 e. The highest BCUT2D eigenvalue weighted by Gasteiger charge is 2.28. The van der Waals surface area contributed by atoms with E-state index in [0.717, 1.165) is 116 Å². The molecule has 0 rings (SSSR count). The molecule has 0 aromatic heterocycles. The van der Waals surface area contributed by atoms with Gasteiger partial charge >= 0.3 is 25.7 Å². The van der Waals surface area contributed by atoms with Crippen molar-refractivity contribution in [2.24, 2.45) is 0 Å². The Kier molecular flexibility index (Phi) is 50.0. The number of carbonyl (C=O) groups excluding carboxylic acids is 3. The zero-order valence-corrected chi connectivity index (χ0v) is 45.4. The normalized spacial score (nSPS) is 14.0. The first-order valence-electron chi connectivity index (χ1n) is 27.8. The predicted octanol–water partition coefficient (Wildman–Crippen LogP) is 16.1. The van der Waals surface area contributed by atoms with Gasteiger partial charge in [-0.3, -0.25) is 23.4 Å². The van der Waals surface area contributed by atoms with Crippen LogP contribution in [-0.2, 0) is 42.2 Å². The molecule has 11 nitrogen and oxygen atoms in total. The summed E-state index contributed by atoms with van der Waals surface area (Å²) in [6, 6.07) is 0. The molecule has 0 aliphatic heterocycles. The number of allylic oxidation sites excluding steroid dienone is 12. The minimum Gasteiger partial charge on any atom is -0.462 e. The summed E-state index contributed by atoms with van der Waals surface area (Å²) >= 11 is 0. The Morgan fingerprint density at radius 1 is 0.414 bits per heavy atom. The first-order valence-corrected chi connectivity index (χ1v) is 29.3. The number of ether oxygens (including phenoxy) is 3. The average Bonchev–Trinajstić information content (AvgIpc) is 3.35. The molecule has 0 heterocycles. The van der Waals surface area contributed by atoms with E-state index < -0.39 is 57.8 Å². The summed E-state index contributed by atoms with van der Waals surface area (Å²) in [7, 11) is -4.76. The molecular formula is C58H101O11P. The van der Waals surface area contributed by atoms with E-state index >= 15 is 0 Å². The van der Waals surface area contributed by atoms with E-state index in [1.54, 1.807) is 0 Å². The second-order valence-corrected chi connectivity index (χ2v) is 19.8. The number of aliphatic hydroxyl groups excluding tert-OH is 1. The number of phosphoric ester groups is 1. The van der Waals surface area contributed by atoms with Crippen molar-refractivity contribution in [3.05, 3.63) is 72.9 Å². The summed E-state index contributed by atoms with van der Waals surface area (Å²) in [5, 5.41) is 9.79. The third-order valence-electron chi connectivity index (χ3n) is 11.6. The number of hydrogen-bond donors (Lipinski definition) is 2. The fourth-order valence-corrected chi connectivity index (χ4v) is 8.13. The monoisotopic (exact) mass is 1000 g/mol. The Morgan fingerprint density at radius 2 is 0.771 bits per heavy atom. The average molecular weight is 1010 g/mol. The van der Waals surface area contributed by atoms with Crippen LogP contribution in [0.1, 0.15) is 239 Å². The summed E-state index contributed by atoms with van der Waals surface area (Å²) in [6.45, 7) is 4.40. The van der Waals surface area contributed by atoms with Gasteiger partial charge in [-0.15, -0.1) is 0 Å². The van der Waals surface area contributed by atoms with Gasteiger partial charge in [-0.2, -0.15) is 0 Å². The maximum atomic E-state index is 12.9. The van der Waals surface area contributed by atoms with Gasteiger partial charge in [0.1, 0.15) is 12.7 Å². The van der Waals surface area contributed by atoms with Gasteiger partial charge < -0.3 is 24.2 Å². The molecule has 3 atom stereocenters. The molecule has 0 saturated carbocycles. The van der Waals surface area contributed by atoms with Crippen LogP contribution in [0.15, 0.2) is 72.9 Å². The zero-order valence-electron chi connectivity index (χ0n) is 44.5. The Morgan fingerprint density at radius 3 is 1.23 bits per heavy atom. The Hall–Kier alpha value is -3.08. The molecule has 0 aromatic rings. The van der Waals surface area contributed by atoms with Gasteiger partial charge in [0.25, 0.3) is 0 Å². The van der Waals surface area contributed by atoms with E-state index in [-0.39, 0.29) is 25.9 Å². The molecule has 0 spiro atoms. The molecule has 0 aliphatic carbocycles. The van der Waals surface area contributed by atoms with Crippen molar-refractivity contribution in [2.45, 2.75) is 251 Å². The van der Waals surface area contributed by atoms with Crippen LogP contribution in [0.2, 0.25) is 0 Å². The minimum absolute atomic E-state index is 0.129. The predicted molar refractivity (Wildman–Crippen MR) is 288 cm³/mol. The van der Waals surface area contributed by atoms with Crippen molar-refractivity contribution in [3.8, 4) is 0 Å². The number of hydrogen-bond acceptors (Lipinski definition) is 10. The van der Waals surface area contributed by atoms with E-state index in [4.69, 9.17) is 23.3 Å². The van der Waals surface area contributed by atoms with Crippen molar-refractivity contribution >= 4 is 25.7 Å². The Bertz CT molecular complexity index is 1450. The third-order valence-corrected chi connectivity index (χ3v) is 12.5. The van der Waals surface area contributed by atoms with E-state index in [9.17, 15) is 28.9 Å². The van der Waals surface area contributed by atoms with Gasteiger partial charge in [-0.05, 0) is 103 Å². The van der Waals surface area contributed by atoms with Crippen LogP contribution in [0, 0.1) is 0 Å². The lowest BCUT2D eigenvalue weighted by Gasteiger charge is -2.21. The largest absolute Gasteiger partial charge is 0.472 e. The lowest BCUT2D eigenvalue weighted by Crippen LogP contribution is -2.30. The maximum absolute atomic E-state index is 12.9. The van der Waals surface area contributed by atoms with Crippen LogP contribution in [0.3, 0.4) is 0 Å². The summed E-state index contributed by atoms with van der Waals surface area (Å²) in [5.41, 5.74) is 0. The fourth-order valence-electron chi connectivity index (χ4n) is 7.34. The van der Waals surface area contributed by atoms with Crippen molar-refractivity contribution in [3.63, 3.8) is 0 Å². The highest BCUT2D eigenvalue weighted by atomic mass is 31.2. The molecule has 3 unspecified atom stereocenters. The van der Waals surface area contributed by atoms with Gasteiger partial charge in [0.05, 0.1) is 19.8 Å². The second-order valence-electron chi connectivity index (χ2n) is 18.4. The van der Waals surface area contributed by atoms with Crippen LogP contribution >= 0.6 is 7.82 Å². The number of rotatable bonds is 51. The quantitative estimate of drug-likeness (QED) is 0.0197. The SMILES string of the molecule is CC/C=C\C/C=C\C/C=C\CCCCCC(=O)OC(COC(=O)CCCCCCCCC/C=C\CCCCCCCC)COP(=O)(O)OCC(CO)OC(=O)CCCCCCC/C=C\C/C=C\CCC. The second kappa shape index (κ2) is 52.2. The van der Waals surface area contributed by atoms with Crippen LogP contribution < -0.4 is 0 Å². The first-order chi connectivity index (χ1) is 34.2. The Balaban J connectivity index is 4.76. The van der Waals surface area contributed by atoms with Crippen LogP contribution in [-0.4, -0.2) is 66.5 Å². The van der Waals surface area contributed by atoms with Crippen molar-refractivity contribution in [1.82, 2.24) is 0 Å². The molecule has 2 N–H and O–H groups in total. The van der Waals surface area contributed by atoms with Crippen LogP contribution in [0.5, 0.6) is 0 Å². The highest BCUT2D eigenvalue weighted by Crippen LogP contribution is 2.43. The molecule has 12 heteroatoms. The van der Waals surface area contributed by atoms with Gasteiger partial charge in [0.15, 0.2) is 6.10 Å². The van der Waals surface area contributed by atoms with E-state index in [1.807, 2.05) is 0 Å². The highest BCUT2D eigenvalue weighted by molar-refractivity contribution is 7.47. The lowest BCUT2D eigenvalue weighted by atomic mass is 10.1. The van der Waals surface area contributed by atoms with Gasteiger partial charge in [0.2, 0.25) is 0 Å². The number of unbranched alkanes of at least 4 members (excludes halogenated alkanes) is 22. The van der Waals surface area contributed by atoms with Crippen molar-refractivity contribution < 1.29 is 52.2 Å². The summed E-state index contributed by atoms with van der Waals surface area (Å²) < 4.78 is 39.4. The molecule has 0 aliphatic rings. The number of aliphatic hydroxyl groups is 1. The smallest absolute Gasteiger partial charge is 0.462 e. The third kappa shape index (κ3) is 49.9. The van der Waals surface area contributed by atoms with Crippen LogP contribution in [0.4, 0.5) is 0 Å². The van der Waals surface area contributed by atoms with Crippen LogP contribution in [0.25, 0.3) is 0 Å². The topological polar surface area (TPSA) is 155 Å². The molecule has 70 heavy (non-hydrogen) atoms. The summed E-state index contributed by atoms with van der Waals surface area (Å²) in [5.74, 6) is -1.52. The molecule has 0 fully saturated rings. The number of phosphoric acid groups is 1. The molecule has 0 saturated heterocycles. The number of esters is 3. The lowest BCUT2D eigenvalue weighted by molar-refractivity contribution is -0.161. The van der Waals surface area contributed by atoms with Gasteiger partial charge in [-0.1, -0.05) is 190 Å². The molecular weight excluding hydrogens is 904 g/mol. The minimum atomic E-state index is -4.76. The van der Waals surface area contributed by atoms with Crippen molar-refractivity contribution in [2.75, 3.05) is 26.4 Å². The standard InChI is InChI=1S/C58H101O11P/c1-4-7-10-13-16-19-22-25-26-27-28-31-32-35-38-41-44-47-56(60)65-51-55(69-58(62)49-46-43-40-37-34-30-24-21-18-15-12-9-6-3)53-67-70(63,64)66-52-54(50-59)68-57(61)48-45-42-39-36-33-29-23-20-17-14-11-8-5-2/h9,11-12,14,18,20-21,23,25-26,30,34,54-55,59H,4-8,10,13,15-17,19,22,24,27-29,31-33,35-53H2,1-3H3,(H,63,64)/b12-9-,14-11-,21-18-,23-20-,26-25-,34-30-. The van der Waals surface area contributed by atoms with Crippen molar-refractivity contribution in [1.29, 1.82) is 0 Å². The van der Waals surface area contributed by atoms with Gasteiger partial charge in [0, 0.05) is 19.3 Å².